The average molecular weight is 369 g/mol. The molecule has 2 aliphatic rings. The number of fused-ring (bicyclic) bond motifs is 1. The molecular weight excluding hydrogens is 350 g/mol. The van der Waals surface area contributed by atoms with Crippen molar-refractivity contribution in [3.8, 4) is 11.9 Å². The van der Waals surface area contributed by atoms with Crippen molar-refractivity contribution in [1.82, 2.24) is 9.29 Å². The number of benzene rings is 1. The Morgan fingerprint density at radius 2 is 1.92 bits per heavy atom. The summed E-state index contributed by atoms with van der Waals surface area (Å²) in [5.74, 6) is 0.255. The minimum atomic E-state index is -3.51. The van der Waals surface area contributed by atoms with Gasteiger partial charge in [0.15, 0.2) is 0 Å². The Balaban J connectivity index is 1.45. The van der Waals surface area contributed by atoms with E-state index in [2.05, 4.69) is 4.98 Å². The lowest BCUT2D eigenvalue weighted by Gasteiger charge is -2.37. The van der Waals surface area contributed by atoms with Crippen LogP contribution in [0.1, 0.15) is 29.5 Å². The Kier molecular flexibility index (Phi) is 4.39. The fourth-order valence-electron chi connectivity index (χ4n) is 3.42. The molecular formula is C19H19N3O3S. The van der Waals surface area contributed by atoms with E-state index in [4.69, 9.17) is 10.00 Å². The molecule has 0 spiro atoms. The number of aromatic nitrogens is 1. The normalized spacial score (nSPS) is 17.8. The maximum Gasteiger partial charge on any atom is 0.243 e. The highest BCUT2D eigenvalue weighted by molar-refractivity contribution is 7.89. The first kappa shape index (κ1) is 17.0. The molecule has 1 aliphatic heterocycles. The largest absolute Gasteiger partial charge is 0.471 e. The second-order valence-corrected chi connectivity index (χ2v) is 8.61. The van der Waals surface area contributed by atoms with E-state index < -0.39 is 10.0 Å². The van der Waals surface area contributed by atoms with Crippen LogP contribution >= 0.6 is 0 Å². The van der Waals surface area contributed by atoms with E-state index in [0.717, 1.165) is 24.8 Å². The fourth-order valence-corrected chi connectivity index (χ4v) is 4.97. The van der Waals surface area contributed by atoms with Crippen LogP contribution in [0.3, 0.4) is 0 Å². The van der Waals surface area contributed by atoms with Gasteiger partial charge < -0.3 is 4.74 Å². The number of aryl methyl sites for hydroxylation is 2. The zero-order valence-electron chi connectivity index (χ0n) is 14.3. The summed E-state index contributed by atoms with van der Waals surface area (Å²) in [5.41, 5.74) is 2.76. The summed E-state index contributed by atoms with van der Waals surface area (Å²) in [6.07, 6.45) is 5.52. The Morgan fingerprint density at radius 3 is 2.69 bits per heavy atom. The predicted octanol–water partition coefficient (Wildman–Crippen LogP) is 2.28. The van der Waals surface area contributed by atoms with Crippen molar-refractivity contribution in [3.05, 3.63) is 53.2 Å². The summed E-state index contributed by atoms with van der Waals surface area (Å²) in [4.78, 5) is 4.41. The molecule has 2 aromatic rings. The Hall–Kier alpha value is -2.43. The van der Waals surface area contributed by atoms with Crippen LogP contribution in [0.5, 0.6) is 5.88 Å². The fraction of sp³-hybridized carbons (Fsp3) is 0.368. The maximum absolute atomic E-state index is 12.8. The van der Waals surface area contributed by atoms with E-state index >= 15 is 0 Å². The molecule has 1 aromatic heterocycles. The van der Waals surface area contributed by atoms with Gasteiger partial charge in [0.2, 0.25) is 15.9 Å². The van der Waals surface area contributed by atoms with E-state index in [1.807, 2.05) is 18.2 Å². The van der Waals surface area contributed by atoms with Crippen molar-refractivity contribution in [2.24, 2.45) is 0 Å². The van der Waals surface area contributed by atoms with E-state index in [1.54, 1.807) is 24.4 Å². The predicted molar refractivity (Wildman–Crippen MR) is 95.2 cm³/mol. The first-order valence-electron chi connectivity index (χ1n) is 8.71. The average Bonchev–Trinajstić information content (AvgIpc) is 2.64. The summed E-state index contributed by atoms with van der Waals surface area (Å²) in [6, 6.07) is 10.8. The third-order valence-corrected chi connectivity index (χ3v) is 6.77. The molecule has 134 valence electrons. The van der Waals surface area contributed by atoms with Crippen molar-refractivity contribution in [1.29, 1.82) is 5.26 Å². The van der Waals surface area contributed by atoms with Crippen LogP contribution in [-0.4, -0.2) is 36.9 Å². The molecule has 26 heavy (non-hydrogen) atoms. The molecule has 0 unspecified atom stereocenters. The van der Waals surface area contributed by atoms with Crippen molar-refractivity contribution < 1.29 is 13.2 Å². The summed E-state index contributed by atoms with van der Waals surface area (Å²) < 4.78 is 32.7. The molecule has 4 rings (SSSR count). The molecule has 0 bridgehead atoms. The number of sulfonamides is 1. The summed E-state index contributed by atoms with van der Waals surface area (Å²) in [5, 5.41) is 9.07. The topological polar surface area (TPSA) is 83.3 Å². The van der Waals surface area contributed by atoms with Crippen molar-refractivity contribution >= 4 is 10.0 Å². The smallest absolute Gasteiger partial charge is 0.243 e. The molecule has 2 heterocycles. The standard InChI is InChI=1S/C19H19N3O3S/c20-11-16-6-3-9-21-19(16)25-17-12-22(13-17)26(23,24)18-8-7-14-4-1-2-5-15(14)10-18/h3,6-10,17H,1-2,4-5,12-13H2. The minimum absolute atomic E-state index is 0.255. The third-order valence-electron chi connectivity index (χ3n) is 4.94. The van der Waals surface area contributed by atoms with Gasteiger partial charge >= 0.3 is 0 Å². The molecule has 1 aliphatic carbocycles. The molecule has 6 nitrogen and oxygen atoms in total. The number of rotatable bonds is 4. The highest BCUT2D eigenvalue weighted by atomic mass is 32.2. The minimum Gasteiger partial charge on any atom is -0.471 e. The lowest BCUT2D eigenvalue weighted by molar-refractivity contribution is 0.0718. The van der Waals surface area contributed by atoms with E-state index in [9.17, 15) is 8.42 Å². The second kappa shape index (κ2) is 6.71. The zero-order valence-corrected chi connectivity index (χ0v) is 15.1. The van der Waals surface area contributed by atoms with Crippen LogP contribution < -0.4 is 4.74 Å². The van der Waals surface area contributed by atoms with Gasteiger partial charge in [-0.25, -0.2) is 13.4 Å². The van der Waals surface area contributed by atoms with E-state index in [1.165, 1.54) is 16.3 Å². The van der Waals surface area contributed by atoms with Gasteiger partial charge in [-0.05, 0) is 61.1 Å². The number of hydrogen-bond acceptors (Lipinski definition) is 5. The molecule has 0 saturated carbocycles. The maximum atomic E-state index is 12.8. The van der Waals surface area contributed by atoms with Gasteiger partial charge in [-0.1, -0.05) is 6.07 Å². The highest BCUT2D eigenvalue weighted by Crippen LogP contribution is 2.29. The number of ether oxygens (including phenoxy) is 1. The summed E-state index contributed by atoms with van der Waals surface area (Å²) in [7, 11) is -3.51. The molecule has 0 amide bonds. The first-order chi connectivity index (χ1) is 12.6. The van der Waals surface area contributed by atoms with Gasteiger partial charge in [-0.2, -0.15) is 9.57 Å². The molecule has 0 radical (unpaired) electrons. The van der Waals surface area contributed by atoms with Crippen LogP contribution in [0, 0.1) is 11.3 Å². The Morgan fingerprint density at radius 1 is 1.15 bits per heavy atom. The molecule has 0 atom stereocenters. The van der Waals surface area contributed by atoms with Crippen molar-refractivity contribution in [3.63, 3.8) is 0 Å². The number of nitrogens with zero attached hydrogens (tertiary/aromatic N) is 3. The number of nitriles is 1. The second-order valence-electron chi connectivity index (χ2n) is 6.67. The monoisotopic (exact) mass is 369 g/mol. The molecule has 1 saturated heterocycles. The lowest BCUT2D eigenvalue weighted by Crippen LogP contribution is -2.56. The summed E-state index contributed by atoms with van der Waals surface area (Å²) in [6.45, 7) is 0.529. The molecule has 7 heteroatoms. The van der Waals surface area contributed by atoms with Crippen LogP contribution in [0.25, 0.3) is 0 Å². The van der Waals surface area contributed by atoms with Crippen molar-refractivity contribution in [2.75, 3.05) is 13.1 Å². The van der Waals surface area contributed by atoms with Crippen LogP contribution in [0.2, 0.25) is 0 Å². The van der Waals surface area contributed by atoms with Gasteiger partial charge in [0.05, 0.1) is 18.0 Å². The number of pyridine rings is 1. The van der Waals surface area contributed by atoms with E-state index in [-0.39, 0.29) is 25.1 Å². The van der Waals surface area contributed by atoms with Gasteiger partial charge in [-0.3, -0.25) is 0 Å². The summed E-state index contributed by atoms with van der Waals surface area (Å²) >= 11 is 0. The van der Waals surface area contributed by atoms with Gasteiger partial charge in [0.1, 0.15) is 17.7 Å². The quantitative estimate of drug-likeness (QED) is 0.826. The Labute approximate surface area is 153 Å². The molecule has 1 aromatic carbocycles. The van der Waals surface area contributed by atoms with Crippen LogP contribution in [0.15, 0.2) is 41.4 Å². The van der Waals surface area contributed by atoms with Crippen LogP contribution in [-0.2, 0) is 22.9 Å². The highest BCUT2D eigenvalue weighted by Gasteiger charge is 2.38. The van der Waals surface area contributed by atoms with Crippen molar-refractivity contribution in [2.45, 2.75) is 36.7 Å². The third kappa shape index (κ3) is 3.06. The SMILES string of the molecule is N#Cc1cccnc1OC1CN(S(=O)(=O)c2ccc3c(c2)CCCC3)C1. The first-order valence-corrected chi connectivity index (χ1v) is 10.2. The molecule has 0 N–H and O–H groups in total. The van der Waals surface area contributed by atoms with E-state index in [0.29, 0.717) is 10.5 Å². The van der Waals surface area contributed by atoms with Crippen LogP contribution in [0.4, 0.5) is 0 Å². The zero-order chi connectivity index (χ0) is 18.1. The Bertz CT molecular complexity index is 976. The molecule has 1 fully saturated rings. The van der Waals surface area contributed by atoms with Gasteiger partial charge in [-0.15, -0.1) is 0 Å². The number of hydrogen-bond donors (Lipinski definition) is 0. The van der Waals surface area contributed by atoms with Gasteiger partial charge in [0, 0.05) is 6.20 Å². The van der Waals surface area contributed by atoms with Gasteiger partial charge in [0.25, 0.3) is 0 Å². The lowest BCUT2D eigenvalue weighted by atomic mass is 9.92.